The predicted molar refractivity (Wildman–Crippen MR) is 214 cm³/mol. The average Bonchev–Trinajstić information content (AvgIpc) is 3.71. The van der Waals surface area contributed by atoms with Gasteiger partial charge in [-0.15, -0.1) is 0 Å². The Morgan fingerprint density at radius 2 is 0.824 bits per heavy atom. The summed E-state index contributed by atoms with van der Waals surface area (Å²) in [6.07, 6.45) is 0. The van der Waals surface area contributed by atoms with Crippen molar-refractivity contribution in [2.45, 2.75) is 0 Å². The summed E-state index contributed by atoms with van der Waals surface area (Å²) in [5.41, 5.74) is 13.4. The fourth-order valence-electron chi connectivity index (χ4n) is 7.59. The third-order valence-corrected chi connectivity index (χ3v) is 10.3. The van der Waals surface area contributed by atoms with Gasteiger partial charge < -0.3 is 9.13 Å². The van der Waals surface area contributed by atoms with Gasteiger partial charge in [0.2, 0.25) is 0 Å². The van der Waals surface area contributed by atoms with Gasteiger partial charge in [0, 0.05) is 49.1 Å². The van der Waals surface area contributed by atoms with Crippen LogP contribution in [-0.2, 0) is 0 Å². The Kier molecular flexibility index (Phi) is 6.87. The van der Waals surface area contributed by atoms with Crippen LogP contribution in [0.5, 0.6) is 0 Å². The van der Waals surface area contributed by atoms with Gasteiger partial charge in [0.15, 0.2) is 0 Å². The van der Waals surface area contributed by atoms with Crippen LogP contribution in [-0.4, -0.2) is 14.1 Å². The Bertz CT molecular complexity index is 2900. The maximum Gasteiger partial charge on any atom is 0.0709 e. The van der Waals surface area contributed by atoms with E-state index in [0.29, 0.717) is 0 Å². The van der Waals surface area contributed by atoms with Crippen LogP contribution in [0, 0.1) is 0 Å². The molecule has 7 aromatic carbocycles. The van der Waals surface area contributed by atoms with Crippen molar-refractivity contribution in [2.75, 3.05) is 0 Å². The molecule has 0 N–H and O–H groups in total. The lowest BCUT2D eigenvalue weighted by atomic mass is 10.0. The number of benzene rings is 7. The normalized spacial score (nSPS) is 11.6. The summed E-state index contributed by atoms with van der Waals surface area (Å²) in [6.45, 7) is 0. The molecule has 51 heavy (non-hydrogen) atoms. The van der Waals surface area contributed by atoms with Crippen LogP contribution in [0.1, 0.15) is 0 Å². The number of rotatable bonds is 5. The summed E-state index contributed by atoms with van der Waals surface area (Å²) in [4.78, 5) is 4.99. The lowest BCUT2D eigenvalue weighted by Crippen LogP contribution is -1.95. The fourth-order valence-corrected chi connectivity index (χ4v) is 7.72. The molecule has 0 amide bonds. The third kappa shape index (κ3) is 4.93. The first kappa shape index (κ1) is 29.5. The maximum atomic E-state index is 6.13. The van der Waals surface area contributed by atoms with E-state index < -0.39 is 0 Å². The van der Waals surface area contributed by atoms with Crippen LogP contribution in [0.2, 0.25) is 5.02 Å². The van der Waals surface area contributed by atoms with Crippen LogP contribution in [0.15, 0.2) is 182 Å². The zero-order valence-corrected chi connectivity index (χ0v) is 28.3. The molecule has 0 aliphatic rings. The minimum Gasteiger partial charge on any atom is -0.309 e. The summed E-state index contributed by atoms with van der Waals surface area (Å²) in [5.74, 6) is 0. The van der Waals surface area contributed by atoms with Crippen molar-refractivity contribution < 1.29 is 0 Å². The molecule has 0 aliphatic carbocycles. The summed E-state index contributed by atoms with van der Waals surface area (Å²) in [6, 6.07) is 64.5. The number of fused-ring (bicyclic) bond motifs is 6. The predicted octanol–water partition coefficient (Wildman–Crippen LogP) is 12.9. The van der Waals surface area contributed by atoms with Crippen molar-refractivity contribution in [3.05, 3.63) is 187 Å². The number of hydrogen-bond acceptors (Lipinski definition) is 1. The Morgan fingerprint density at radius 3 is 1.53 bits per heavy atom. The average molecular weight is 672 g/mol. The highest BCUT2D eigenvalue weighted by molar-refractivity contribution is 6.30. The molecule has 0 saturated heterocycles. The molecule has 240 valence electrons. The maximum absolute atomic E-state index is 6.13. The van der Waals surface area contributed by atoms with E-state index in [1.165, 1.54) is 60.4 Å². The number of pyridine rings is 1. The Hall–Kier alpha value is -6.42. The van der Waals surface area contributed by atoms with Gasteiger partial charge in [0.25, 0.3) is 0 Å². The molecule has 0 aliphatic heterocycles. The molecular weight excluding hydrogens is 642 g/mol. The van der Waals surface area contributed by atoms with E-state index in [9.17, 15) is 0 Å². The second-order valence-corrected chi connectivity index (χ2v) is 13.4. The van der Waals surface area contributed by atoms with Crippen LogP contribution in [0.3, 0.4) is 0 Å². The van der Waals surface area contributed by atoms with Crippen molar-refractivity contribution >= 4 is 55.2 Å². The van der Waals surface area contributed by atoms with Gasteiger partial charge in [-0.1, -0.05) is 115 Å². The molecular formula is C47H30ClN3. The highest BCUT2D eigenvalue weighted by atomic mass is 35.5. The van der Waals surface area contributed by atoms with E-state index in [1.54, 1.807) is 0 Å². The van der Waals surface area contributed by atoms with Crippen molar-refractivity contribution in [1.29, 1.82) is 0 Å². The van der Waals surface area contributed by atoms with E-state index in [-0.39, 0.29) is 0 Å². The van der Waals surface area contributed by atoms with E-state index in [1.807, 2.05) is 30.3 Å². The second-order valence-electron chi connectivity index (χ2n) is 13.0. The number of para-hydroxylation sites is 3. The fraction of sp³-hybridized carbons (Fsp3) is 0. The highest BCUT2D eigenvalue weighted by Crippen LogP contribution is 2.38. The Labute approximate surface area is 300 Å². The molecule has 0 bridgehead atoms. The van der Waals surface area contributed by atoms with Crippen molar-refractivity contribution in [1.82, 2.24) is 14.1 Å². The minimum absolute atomic E-state index is 0.718. The third-order valence-electron chi connectivity index (χ3n) is 10.0. The summed E-state index contributed by atoms with van der Waals surface area (Å²) >= 11 is 6.13. The monoisotopic (exact) mass is 671 g/mol. The Balaban J connectivity index is 1.09. The zero-order chi connectivity index (χ0) is 33.9. The van der Waals surface area contributed by atoms with E-state index in [4.69, 9.17) is 16.6 Å². The smallest absolute Gasteiger partial charge is 0.0709 e. The second kappa shape index (κ2) is 11.9. The molecule has 0 radical (unpaired) electrons. The van der Waals surface area contributed by atoms with E-state index in [2.05, 4.69) is 161 Å². The molecule has 0 fully saturated rings. The zero-order valence-electron chi connectivity index (χ0n) is 27.5. The number of hydrogen-bond donors (Lipinski definition) is 0. The minimum atomic E-state index is 0.718. The van der Waals surface area contributed by atoms with Crippen LogP contribution < -0.4 is 0 Å². The molecule has 3 heterocycles. The van der Waals surface area contributed by atoms with Crippen LogP contribution >= 0.6 is 11.6 Å². The molecule has 4 heteroatoms. The van der Waals surface area contributed by atoms with E-state index >= 15 is 0 Å². The summed E-state index contributed by atoms with van der Waals surface area (Å²) in [7, 11) is 0. The first-order chi connectivity index (χ1) is 25.2. The molecule has 10 aromatic rings. The quantitative estimate of drug-likeness (QED) is 0.178. The summed E-state index contributed by atoms with van der Waals surface area (Å²) in [5, 5.41) is 5.69. The molecule has 0 atom stereocenters. The lowest BCUT2D eigenvalue weighted by Gasteiger charge is -2.11. The van der Waals surface area contributed by atoms with Crippen LogP contribution in [0.25, 0.3) is 88.6 Å². The van der Waals surface area contributed by atoms with E-state index in [0.717, 1.165) is 33.2 Å². The van der Waals surface area contributed by atoms with Gasteiger partial charge in [-0.2, -0.15) is 0 Å². The van der Waals surface area contributed by atoms with Crippen molar-refractivity contribution in [2.24, 2.45) is 0 Å². The standard InChI is InChI=1S/C47H30ClN3/c48-35-23-17-31(18-24-35)42-13-8-14-43(49-42)32-19-25-37(26-20-32)51-44-15-6-4-11-38(44)40-27-21-34(30-47(40)51)33-22-28-46-41(29-33)39-12-5-7-16-45(39)50(46)36-9-2-1-3-10-36/h1-30H. The van der Waals surface area contributed by atoms with Crippen molar-refractivity contribution in [3.8, 4) is 45.0 Å². The number of halogens is 1. The van der Waals surface area contributed by atoms with Gasteiger partial charge in [-0.25, -0.2) is 4.98 Å². The number of nitrogens with zero attached hydrogens (tertiary/aromatic N) is 3. The number of aromatic nitrogens is 3. The van der Waals surface area contributed by atoms with Gasteiger partial charge in [0.1, 0.15) is 0 Å². The molecule has 0 saturated carbocycles. The largest absolute Gasteiger partial charge is 0.309 e. The van der Waals surface area contributed by atoms with Crippen molar-refractivity contribution in [3.63, 3.8) is 0 Å². The molecule has 0 unspecified atom stereocenters. The van der Waals surface area contributed by atoms with Gasteiger partial charge in [0.05, 0.1) is 33.5 Å². The molecule has 10 rings (SSSR count). The first-order valence-corrected chi connectivity index (χ1v) is 17.5. The highest BCUT2D eigenvalue weighted by Gasteiger charge is 2.16. The lowest BCUT2D eigenvalue weighted by molar-refractivity contribution is 1.18. The van der Waals surface area contributed by atoms with Gasteiger partial charge >= 0.3 is 0 Å². The topological polar surface area (TPSA) is 22.8 Å². The van der Waals surface area contributed by atoms with Crippen LogP contribution in [0.4, 0.5) is 0 Å². The Morgan fingerprint density at radius 1 is 0.333 bits per heavy atom. The molecule has 0 spiro atoms. The van der Waals surface area contributed by atoms with Gasteiger partial charge in [-0.3, -0.25) is 0 Å². The summed E-state index contributed by atoms with van der Waals surface area (Å²) < 4.78 is 4.75. The molecule has 3 aromatic heterocycles. The van der Waals surface area contributed by atoms with Gasteiger partial charge in [-0.05, 0) is 90.0 Å². The first-order valence-electron chi connectivity index (χ1n) is 17.2. The molecule has 3 nitrogen and oxygen atoms in total. The SMILES string of the molecule is Clc1ccc(-c2cccc(-c3ccc(-n4c5ccccc5c5ccc(-c6ccc7c(c6)c6ccccc6n7-c6ccccc6)cc54)cc3)n2)cc1.